The van der Waals surface area contributed by atoms with Crippen molar-refractivity contribution < 1.29 is 14.0 Å². The van der Waals surface area contributed by atoms with E-state index in [1.165, 1.54) is 12.1 Å². The molecular formula is C20H25FN4O2. The standard InChI is InChI=1S/C20H25FN4O2/c1-13(2)22-20-17(26)4-3-9-25(20)24-10-7-14(8-11-24)19-16-6-5-15(21)12-18(16)27-23-19/h5-6,12,14,17,26H,1,3-4,7-11H2,2H3. The summed E-state index contributed by atoms with van der Waals surface area (Å²) >= 11 is 0. The lowest BCUT2D eigenvalue weighted by Gasteiger charge is -2.44. The van der Waals surface area contributed by atoms with Gasteiger partial charge in [0.2, 0.25) is 0 Å². The molecule has 2 aromatic rings. The molecule has 0 radical (unpaired) electrons. The van der Waals surface area contributed by atoms with Gasteiger partial charge in [-0.15, -0.1) is 0 Å². The van der Waals surface area contributed by atoms with Crippen LogP contribution >= 0.6 is 0 Å². The van der Waals surface area contributed by atoms with Gasteiger partial charge in [0.25, 0.3) is 0 Å². The number of aliphatic hydroxyl groups is 1. The van der Waals surface area contributed by atoms with Gasteiger partial charge in [0.1, 0.15) is 17.8 Å². The number of halogens is 1. The van der Waals surface area contributed by atoms with Crippen LogP contribution in [0.25, 0.3) is 11.0 Å². The molecule has 0 spiro atoms. The Balaban J connectivity index is 1.48. The largest absolute Gasteiger partial charge is 0.385 e. The molecular weight excluding hydrogens is 347 g/mol. The second-order valence-corrected chi connectivity index (χ2v) is 7.42. The second-order valence-electron chi connectivity index (χ2n) is 7.42. The zero-order valence-corrected chi connectivity index (χ0v) is 15.6. The fourth-order valence-corrected chi connectivity index (χ4v) is 4.07. The average molecular weight is 372 g/mol. The molecule has 0 saturated carbocycles. The molecule has 1 aromatic carbocycles. The minimum Gasteiger partial charge on any atom is -0.385 e. The highest BCUT2D eigenvalue weighted by atomic mass is 19.1. The van der Waals surface area contributed by atoms with Crippen LogP contribution in [0, 0.1) is 5.82 Å². The number of hydrogen-bond donors (Lipinski definition) is 1. The molecule has 2 aliphatic rings. The van der Waals surface area contributed by atoms with Crippen molar-refractivity contribution in [2.75, 3.05) is 19.6 Å². The van der Waals surface area contributed by atoms with E-state index in [0.717, 1.165) is 56.4 Å². The van der Waals surface area contributed by atoms with E-state index in [9.17, 15) is 9.50 Å². The predicted molar refractivity (Wildman–Crippen MR) is 102 cm³/mol. The van der Waals surface area contributed by atoms with Crippen molar-refractivity contribution in [3.05, 3.63) is 42.0 Å². The number of allylic oxidation sites excluding steroid dienone is 1. The molecule has 1 aromatic heterocycles. The molecule has 2 fully saturated rings. The molecule has 4 rings (SSSR count). The van der Waals surface area contributed by atoms with Crippen LogP contribution in [-0.4, -0.2) is 51.9 Å². The van der Waals surface area contributed by atoms with Crippen molar-refractivity contribution in [1.29, 1.82) is 0 Å². The van der Waals surface area contributed by atoms with Gasteiger partial charge in [0, 0.05) is 42.7 Å². The third kappa shape index (κ3) is 3.61. The van der Waals surface area contributed by atoms with E-state index in [1.807, 2.05) is 6.92 Å². The van der Waals surface area contributed by atoms with E-state index < -0.39 is 6.10 Å². The van der Waals surface area contributed by atoms with Crippen molar-refractivity contribution in [1.82, 2.24) is 15.2 Å². The maximum absolute atomic E-state index is 13.4. The summed E-state index contributed by atoms with van der Waals surface area (Å²) in [5.74, 6) is 0.673. The number of hydrazine groups is 1. The molecule has 0 bridgehead atoms. The number of hydrogen-bond acceptors (Lipinski definition) is 5. The summed E-state index contributed by atoms with van der Waals surface area (Å²) in [5.41, 5.74) is 2.12. The van der Waals surface area contributed by atoms with Crippen LogP contribution in [0.1, 0.15) is 44.2 Å². The van der Waals surface area contributed by atoms with Crippen LogP contribution in [0.4, 0.5) is 4.39 Å². The summed E-state index contributed by atoms with van der Waals surface area (Å²) in [4.78, 5) is 4.49. The summed E-state index contributed by atoms with van der Waals surface area (Å²) in [6.07, 6.45) is 2.98. The summed E-state index contributed by atoms with van der Waals surface area (Å²) in [5, 5.41) is 19.9. The predicted octanol–water partition coefficient (Wildman–Crippen LogP) is 3.45. The lowest BCUT2D eigenvalue weighted by atomic mass is 9.92. The number of piperidine rings is 2. The summed E-state index contributed by atoms with van der Waals surface area (Å²) < 4.78 is 18.7. The van der Waals surface area contributed by atoms with Gasteiger partial charge in [-0.3, -0.25) is 5.01 Å². The molecule has 6 nitrogen and oxygen atoms in total. The quantitative estimate of drug-likeness (QED) is 0.894. The Morgan fingerprint density at radius 1 is 1.30 bits per heavy atom. The minimum absolute atomic E-state index is 0.282. The van der Waals surface area contributed by atoms with E-state index in [-0.39, 0.29) is 11.7 Å². The first kappa shape index (κ1) is 18.1. The Morgan fingerprint density at radius 2 is 2.07 bits per heavy atom. The molecule has 27 heavy (non-hydrogen) atoms. The number of fused-ring (bicyclic) bond motifs is 1. The Labute approximate surface area is 157 Å². The number of amidine groups is 1. The van der Waals surface area contributed by atoms with Crippen molar-refractivity contribution in [2.45, 2.75) is 44.6 Å². The van der Waals surface area contributed by atoms with Crippen molar-refractivity contribution >= 4 is 16.8 Å². The van der Waals surface area contributed by atoms with Crippen molar-refractivity contribution in [2.24, 2.45) is 4.99 Å². The zero-order valence-electron chi connectivity index (χ0n) is 15.6. The molecule has 1 N–H and O–H groups in total. The van der Waals surface area contributed by atoms with Gasteiger partial charge in [0.05, 0.1) is 5.69 Å². The Kier molecular flexibility index (Phi) is 4.97. The number of aromatic nitrogens is 1. The molecule has 7 heteroatoms. The molecule has 2 aliphatic heterocycles. The normalized spacial score (nSPS) is 24.0. The van der Waals surface area contributed by atoms with Crippen LogP contribution in [0.5, 0.6) is 0 Å². The molecule has 1 unspecified atom stereocenters. The van der Waals surface area contributed by atoms with Crippen molar-refractivity contribution in [3.63, 3.8) is 0 Å². The molecule has 0 amide bonds. The molecule has 0 aliphatic carbocycles. The fraction of sp³-hybridized carbons (Fsp3) is 0.500. The first-order valence-corrected chi connectivity index (χ1v) is 9.52. The van der Waals surface area contributed by atoms with E-state index in [1.54, 1.807) is 6.07 Å². The Morgan fingerprint density at radius 3 is 2.81 bits per heavy atom. The monoisotopic (exact) mass is 372 g/mol. The van der Waals surface area contributed by atoms with Gasteiger partial charge >= 0.3 is 0 Å². The van der Waals surface area contributed by atoms with Crippen LogP contribution in [0.15, 0.2) is 40.0 Å². The van der Waals surface area contributed by atoms with Gasteiger partial charge in [-0.1, -0.05) is 11.7 Å². The highest BCUT2D eigenvalue weighted by molar-refractivity contribution is 5.87. The van der Waals surface area contributed by atoms with Gasteiger partial charge in [-0.25, -0.2) is 14.4 Å². The van der Waals surface area contributed by atoms with Gasteiger partial charge < -0.3 is 9.63 Å². The fourth-order valence-electron chi connectivity index (χ4n) is 4.07. The maximum Gasteiger partial charge on any atom is 0.170 e. The van der Waals surface area contributed by atoms with E-state index in [2.05, 4.69) is 26.7 Å². The SMILES string of the molecule is C=C(C)N=C1C(O)CCCN1N1CCC(c2noc3cc(F)ccc23)CC1. The molecule has 1 atom stereocenters. The first-order valence-electron chi connectivity index (χ1n) is 9.52. The third-order valence-electron chi connectivity index (χ3n) is 5.38. The zero-order chi connectivity index (χ0) is 19.0. The summed E-state index contributed by atoms with van der Waals surface area (Å²) in [6.45, 7) is 8.26. The lowest BCUT2D eigenvalue weighted by Crippen LogP contribution is -2.55. The highest BCUT2D eigenvalue weighted by Gasteiger charge is 2.33. The van der Waals surface area contributed by atoms with Gasteiger partial charge in [0.15, 0.2) is 5.58 Å². The third-order valence-corrected chi connectivity index (χ3v) is 5.38. The first-order chi connectivity index (χ1) is 13.0. The summed E-state index contributed by atoms with van der Waals surface area (Å²) in [6, 6.07) is 4.59. The average Bonchev–Trinajstić information content (AvgIpc) is 3.06. The van der Waals surface area contributed by atoms with E-state index in [0.29, 0.717) is 17.1 Å². The number of benzene rings is 1. The number of nitrogens with zero attached hydrogens (tertiary/aromatic N) is 4. The smallest absolute Gasteiger partial charge is 0.170 e. The van der Waals surface area contributed by atoms with Crippen LogP contribution in [-0.2, 0) is 0 Å². The number of rotatable bonds is 3. The number of aliphatic hydroxyl groups excluding tert-OH is 1. The summed E-state index contributed by atoms with van der Waals surface area (Å²) in [7, 11) is 0. The van der Waals surface area contributed by atoms with Gasteiger partial charge in [-0.05, 0) is 44.7 Å². The van der Waals surface area contributed by atoms with Crippen LogP contribution in [0.3, 0.4) is 0 Å². The molecule has 144 valence electrons. The van der Waals surface area contributed by atoms with Crippen molar-refractivity contribution in [3.8, 4) is 0 Å². The Hall–Kier alpha value is -2.25. The van der Waals surface area contributed by atoms with E-state index in [4.69, 9.17) is 4.52 Å². The van der Waals surface area contributed by atoms with Gasteiger partial charge in [-0.2, -0.15) is 0 Å². The topological polar surface area (TPSA) is 65.1 Å². The second kappa shape index (κ2) is 7.40. The Bertz CT molecular complexity index is 870. The van der Waals surface area contributed by atoms with Crippen LogP contribution in [0.2, 0.25) is 0 Å². The van der Waals surface area contributed by atoms with E-state index >= 15 is 0 Å². The molecule has 2 saturated heterocycles. The van der Waals surface area contributed by atoms with Crippen LogP contribution < -0.4 is 0 Å². The lowest BCUT2D eigenvalue weighted by molar-refractivity contribution is -0.00541. The minimum atomic E-state index is -0.539. The maximum atomic E-state index is 13.4. The molecule has 3 heterocycles. The highest BCUT2D eigenvalue weighted by Crippen LogP contribution is 2.33. The number of aliphatic imine (C=N–C) groups is 1.